The van der Waals surface area contributed by atoms with Crippen molar-refractivity contribution < 1.29 is 9.47 Å². The van der Waals surface area contributed by atoms with Gasteiger partial charge < -0.3 is 26.3 Å². The number of aromatic nitrogens is 1. The minimum Gasteiger partial charge on any atom is -0.493 e. The molecule has 170 valence electrons. The number of nitrogens with two attached hydrogens (primary N) is 2. The third-order valence-electron chi connectivity index (χ3n) is 5.20. The maximum Gasteiger partial charge on any atom is 0.211 e. The minimum atomic E-state index is -0.696. The molecule has 34 heavy (non-hydrogen) atoms. The molecule has 0 radical (unpaired) electrons. The second-order valence-corrected chi connectivity index (χ2v) is 7.60. The fraction of sp³-hybridized carbons (Fsp3) is 0.130. The predicted octanol–water partition coefficient (Wildman–Crippen LogP) is 3.30. The Labute approximate surface area is 200 Å². The minimum absolute atomic E-state index is 0.0240. The molecule has 0 bridgehead atoms. The van der Waals surface area contributed by atoms with Crippen LogP contribution in [0.25, 0.3) is 0 Å². The summed E-state index contributed by atoms with van der Waals surface area (Å²) in [4.78, 5) is 8.80. The number of methoxy groups -OCH3 is 1. The zero-order chi connectivity index (χ0) is 24.2. The molecular formula is C23H19ClN8O2. The Balaban J connectivity index is 1.74. The van der Waals surface area contributed by atoms with Crippen molar-refractivity contribution in [3.63, 3.8) is 0 Å². The van der Waals surface area contributed by atoms with E-state index in [-0.39, 0.29) is 29.6 Å². The summed E-state index contributed by atoms with van der Waals surface area (Å²) >= 11 is 6.22. The van der Waals surface area contributed by atoms with Crippen molar-refractivity contribution in [2.45, 2.75) is 12.6 Å². The topological polar surface area (TPSA) is 167 Å². The summed E-state index contributed by atoms with van der Waals surface area (Å²) in [5.74, 6) is 1.39. The number of halogens is 1. The van der Waals surface area contributed by atoms with Crippen molar-refractivity contribution in [1.29, 1.82) is 10.5 Å². The molecule has 1 aliphatic heterocycles. The molecule has 0 amide bonds. The first-order chi connectivity index (χ1) is 16.5. The van der Waals surface area contributed by atoms with Gasteiger partial charge >= 0.3 is 0 Å². The number of hydrogen-bond donors (Lipinski definition) is 4. The van der Waals surface area contributed by atoms with Gasteiger partial charge in [0.05, 0.1) is 12.8 Å². The number of benzene rings is 2. The highest BCUT2D eigenvalue weighted by molar-refractivity contribution is 6.31. The highest BCUT2D eigenvalue weighted by Gasteiger charge is 2.30. The van der Waals surface area contributed by atoms with Crippen molar-refractivity contribution in [1.82, 2.24) is 10.3 Å². The van der Waals surface area contributed by atoms with Gasteiger partial charge in [0, 0.05) is 16.1 Å². The van der Waals surface area contributed by atoms with Crippen molar-refractivity contribution in [3.8, 4) is 23.8 Å². The van der Waals surface area contributed by atoms with Gasteiger partial charge in [0.25, 0.3) is 0 Å². The van der Waals surface area contributed by atoms with E-state index in [9.17, 15) is 5.26 Å². The van der Waals surface area contributed by atoms with Gasteiger partial charge in [-0.1, -0.05) is 35.9 Å². The van der Waals surface area contributed by atoms with E-state index in [1.54, 1.807) is 24.3 Å². The Morgan fingerprint density at radius 3 is 2.68 bits per heavy atom. The lowest BCUT2D eigenvalue weighted by Gasteiger charge is -2.26. The fourth-order valence-electron chi connectivity index (χ4n) is 3.57. The first kappa shape index (κ1) is 22.5. The quantitative estimate of drug-likeness (QED) is 0.320. The van der Waals surface area contributed by atoms with Crippen LogP contribution in [0, 0.1) is 22.8 Å². The van der Waals surface area contributed by atoms with Gasteiger partial charge in [-0.05, 0) is 23.8 Å². The molecule has 1 atom stereocenters. The molecule has 0 fully saturated rings. The summed E-state index contributed by atoms with van der Waals surface area (Å²) in [5, 5.41) is 24.5. The Morgan fingerprint density at radius 2 is 1.97 bits per heavy atom. The van der Waals surface area contributed by atoms with Crippen LogP contribution in [0.15, 0.2) is 47.5 Å². The lowest BCUT2D eigenvalue weighted by atomic mass is 9.95. The van der Waals surface area contributed by atoms with Gasteiger partial charge in [0.2, 0.25) is 5.96 Å². The molecule has 10 nitrogen and oxygen atoms in total. The molecule has 2 aromatic carbocycles. The molecule has 11 heteroatoms. The number of ether oxygens (including phenoxy) is 2. The van der Waals surface area contributed by atoms with Crippen molar-refractivity contribution in [2.75, 3.05) is 23.9 Å². The van der Waals surface area contributed by atoms with Crippen LogP contribution in [0.5, 0.6) is 11.5 Å². The molecule has 1 aliphatic rings. The Hall–Kier alpha value is -4.67. The van der Waals surface area contributed by atoms with Gasteiger partial charge in [-0.15, -0.1) is 0 Å². The number of nitrogen functional groups attached to an aromatic ring is 2. The first-order valence-electron chi connectivity index (χ1n) is 9.99. The maximum absolute atomic E-state index is 9.48. The Bertz CT molecular complexity index is 1380. The summed E-state index contributed by atoms with van der Waals surface area (Å²) in [7, 11) is 1.52. The number of pyridine rings is 1. The number of nitrogens with one attached hydrogen (secondary N) is 2. The highest BCUT2D eigenvalue weighted by Crippen LogP contribution is 2.42. The van der Waals surface area contributed by atoms with Gasteiger partial charge in [-0.3, -0.25) is 5.32 Å². The largest absolute Gasteiger partial charge is 0.493 e. The number of hydrogen-bond acceptors (Lipinski definition) is 10. The first-order valence-corrected chi connectivity index (χ1v) is 10.4. The SMILES string of the molecule is COc1cc(C2N=C(NC#N)Nc3nc(N)c(C#N)c(N)c32)ccc1OCc1ccccc1Cl. The Morgan fingerprint density at radius 1 is 1.18 bits per heavy atom. The fourth-order valence-corrected chi connectivity index (χ4v) is 3.76. The molecule has 1 unspecified atom stereocenters. The Kier molecular flexibility index (Phi) is 6.26. The van der Waals surface area contributed by atoms with E-state index in [0.29, 0.717) is 33.5 Å². The van der Waals surface area contributed by atoms with E-state index in [1.165, 1.54) is 7.11 Å². The average Bonchev–Trinajstić information content (AvgIpc) is 2.83. The number of rotatable bonds is 5. The summed E-state index contributed by atoms with van der Waals surface area (Å²) in [6.07, 6.45) is 1.82. The second-order valence-electron chi connectivity index (χ2n) is 7.19. The normalized spacial score (nSPS) is 14.0. The molecule has 6 N–H and O–H groups in total. The van der Waals surface area contributed by atoms with Crippen molar-refractivity contribution in [3.05, 3.63) is 69.7 Å². The van der Waals surface area contributed by atoms with Gasteiger partial charge in [-0.25, -0.2) is 9.98 Å². The molecule has 0 aliphatic carbocycles. The van der Waals surface area contributed by atoms with Crippen molar-refractivity contribution >= 4 is 34.9 Å². The number of aliphatic imine (C=N–C) groups is 1. The molecule has 0 saturated carbocycles. The second kappa shape index (κ2) is 9.45. The van der Waals surface area contributed by atoms with E-state index in [2.05, 4.69) is 20.6 Å². The molecule has 1 aromatic heterocycles. The highest BCUT2D eigenvalue weighted by atomic mass is 35.5. The van der Waals surface area contributed by atoms with Crippen LogP contribution in [0.3, 0.4) is 0 Å². The number of nitriles is 2. The van der Waals surface area contributed by atoms with Crippen LogP contribution in [-0.2, 0) is 6.61 Å². The lowest BCUT2D eigenvalue weighted by Crippen LogP contribution is -2.32. The number of fused-ring (bicyclic) bond motifs is 1. The molecule has 2 heterocycles. The summed E-state index contributed by atoms with van der Waals surface area (Å²) in [6, 6.07) is 14.0. The van der Waals surface area contributed by atoms with Gasteiger partial charge in [0.1, 0.15) is 35.9 Å². The molecule has 4 rings (SSSR count). The smallest absolute Gasteiger partial charge is 0.211 e. The van der Waals surface area contributed by atoms with Crippen LogP contribution >= 0.6 is 11.6 Å². The maximum atomic E-state index is 9.48. The number of guanidine groups is 1. The van der Waals surface area contributed by atoms with E-state index < -0.39 is 6.04 Å². The molecule has 3 aromatic rings. The summed E-state index contributed by atoms with van der Waals surface area (Å²) in [5.41, 5.74) is 14.4. The van der Waals surface area contributed by atoms with E-state index in [1.807, 2.05) is 30.5 Å². The van der Waals surface area contributed by atoms with Gasteiger partial charge in [-0.2, -0.15) is 10.5 Å². The van der Waals surface area contributed by atoms with Crippen LogP contribution < -0.4 is 31.6 Å². The van der Waals surface area contributed by atoms with Gasteiger partial charge in [0.15, 0.2) is 17.7 Å². The van der Waals surface area contributed by atoms with Crippen LogP contribution in [0.2, 0.25) is 5.02 Å². The summed E-state index contributed by atoms with van der Waals surface area (Å²) < 4.78 is 11.5. The van der Waals surface area contributed by atoms with Crippen LogP contribution in [-0.4, -0.2) is 18.1 Å². The van der Waals surface area contributed by atoms with Crippen molar-refractivity contribution in [2.24, 2.45) is 4.99 Å². The number of anilines is 3. The molecule has 0 spiro atoms. The lowest BCUT2D eigenvalue weighted by molar-refractivity contribution is 0.284. The summed E-state index contributed by atoms with van der Waals surface area (Å²) in [6.45, 7) is 0.252. The van der Waals surface area contributed by atoms with E-state index >= 15 is 0 Å². The standard InChI is InChI=1S/C23H19ClN8O2/c1-33-17-8-12(6-7-16(17)34-10-13-4-2-3-5-15(13)24)20-18-19(27)14(9-25)21(28)31-22(18)32-23(30-20)29-11-26/h2-8,20H,10H2,1H3,(H6,27,28,29,30,31,32). The van der Waals surface area contributed by atoms with E-state index in [4.69, 9.17) is 37.8 Å². The third kappa shape index (κ3) is 4.18. The van der Waals surface area contributed by atoms with Crippen LogP contribution in [0.1, 0.15) is 28.3 Å². The average molecular weight is 475 g/mol. The monoisotopic (exact) mass is 474 g/mol. The predicted molar refractivity (Wildman–Crippen MR) is 128 cm³/mol. The van der Waals surface area contributed by atoms with Crippen LogP contribution in [0.4, 0.5) is 17.3 Å². The zero-order valence-electron chi connectivity index (χ0n) is 18.0. The third-order valence-corrected chi connectivity index (χ3v) is 5.57. The van der Waals surface area contributed by atoms with E-state index in [0.717, 1.165) is 5.56 Å². The molecular weight excluding hydrogens is 456 g/mol. The zero-order valence-corrected chi connectivity index (χ0v) is 18.7. The molecule has 0 saturated heterocycles. The number of nitrogens with zero attached hydrogens (tertiary/aromatic N) is 4.